The summed E-state index contributed by atoms with van der Waals surface area (Å²) in [4.78, 5) is 13.2. The van der Waals surface area contributed by atoms with Gasteiger partial charge in [0.05, 0.1) is 52.4 Å². The van der Waals surface area contributed by atoms with Gasteiger partial charge < -0.3 is 28.6 Å². The first kappa shape index (κ1) is 23.1. The lowest BCUT2D eigenvalue weighted by molar-refractivity contribution is -0.0137. The molecule has 0 unspecified atom stereocenters. The molecule has 0 spiro atoms. The quantitative estimate of drug-likeness (QED) is 0.476. The zero-order valence-corrected chi connectivity index (χ0v) is 16.1. The van der Waals surface area contributed by atoms with Crippen molar-refractivity contribution < 1.29 is 28.5 Å². The van der Waals surface area contributed by atoms with E-state index in [4.69, 9.17) is 23.7 Å². The van der Waals surface area contributed by atoms with E-state index < -0.39 is 5.60 Å². The number of carbonyl (C=O) groups is 1. The maximum absolute atomic E-state index is 11.7. The van der Waals surface area contributed by atoms with E-state index in [1.165, 1.54) is 4.90 Å². The fourth-order valence-corrected chi connectivity index (χ4v) is 1.52. The lowest BCUT2D eigenvalue weighted by atomic mass is 10.2. The molecule has 7 heteroatoms. The first-order valence-corrected chi connectivity index (χ1v) is 8.51. The van der Waals surface area contributed by atoms with Crippen molar-refractivity contribution in [3.05, 3.63) is 0 Å². The Hall–Kier alpha value is -0.890. The van der Waals surface area contributed by atoms with E-state index in [0.29, 0.717) is 52.8 Å². The molecule has 0 aromatic carbocycles. The molecular formula is C17H35NO6. The molecule has 0 radical (unpaired) electrons. The van der Waals surface area contributed by atoms with Crippen molar-refractivity contribution in [3.8, 4) is 0 Å². The highest BCUT2D eigenvalue weighted by Gasteiger charge is 2.19. The van der Waals surface area contributed by atoms with Crippen LogP contribution in [-0.4, -0.2) is 82.5 Å². The van der Waals surface area contributed by atoms with E-state index in [2.05, 4.69) is 0 Å². The van der Waals surface area contributed by atoms with E-state index in [1.807, 2.05) is 34.6 Å². The van der Waals surface area contributed by atoms with Crippen LogP contribution >= 0.6 is 0 Å². The Bertz CT molecular complexity index is 317. The number of rotatable bonds is 13. The SMILES string of the molecule is CC(C)OCCOCCOCCOCCN(C)C(=O)OC(C)(C)C. The standard InChI is InChI=1S/C17H35NO6/c1-15(2)23-14-13-22-12-11-21-10-9-20-8-7-18(6)16(19)24-17(3,4)5/h15H,7-14H2,1-6H3. The van der Waals surface area contributed by atoms with Crippen LogP contribution in [0.5, 0.6) is 0 Å². The van der Waals surface area contributed by atoms with Crippen LogP contribution < -0.4 is 0 Å². The Kier molecular flexibility index (Phi) is 12.9. The Morgan fingerprint density at radius 1 is 0.875 bits per heavy atom. The summed E-state index contributed by atoms with van der Waals surface area (Å²) in [5, 5.41) is 0. The number of ether oxygens (including phenoxy) is 5. The van der Waals surface area contributed by atoms with Crippen molar-refractivity contribution >= 4 is 6.09 Å². The Morgan fingerprint density at radius 2 is 1.33 bits per heavy atom. The molecule has 1 amide bonds. The molecule has 144 valence electrons. The van der Waals surface area contributed by atoms with Crippen LogP contribution in [0.4, 0.5) is 4.79 Å². The molecule has 0 bridgehead atoms. The summed E-state index contributed by atoms with van der Waals surface area (Å²) in [5.41, 5.74) is -0.483. The van der Waals surface area contributed by atoms with Crippen LogP contribution in [0.1, 0.15) is 34.6 Å². The molecular weight excluding hydrogens is 314 g/mol. The highest BCUT2D eigenvalue weighted by molar-refractivity contribution is 5.67. The van der Waals surface area contributed by atoms with Crippen molar-refractivity contribution in [1.29, 1.82) is 0 Å². The van der Waals surface area contributed by atoms with Gasteiger partial charge in [-0.1, -0.05) is 0 Å². The van der Waals surface area contributed by atoms with Crippen molar-refractivity contribution in [2.75, 3.05) is 59.8 Å². The van der Waals surface area contributed by atoms with Crippen LogP contribution in [0.15, 0.2) is 0 Å². The van der Waals surface area contributed by atoms with E-state index in [9.17, 15) is 4.79 Å². The third kappa shape index (κ3) is 16.0. The summed E-state index contributed by atoms with van der Waals surface area (Å²) in [7, 11) is 1.69. The first-order chi connectivity index (χ1) is 11.2. The largest absolute Gasteiger partial charge is 0.444 e. The second kappa shape index (κ2) is 13.4. The van der Waals surface area contributed by atoms with Gasteiger partial charge in [0.2, 0.25) is 0 Å². The Balaban J connectivity index is 3.35. The van der Waals surface area contributed by atoms with Gasteiger partial charge in [-0.05, 0) is 34.6 Å². The minimum atomic E-state index is -0.483. The van der Waals surface area contributed by atoms with Crippen molar-refractivity contribution in [2.24, 2.45) is 0 Å². The molecule has 0 saturated heterocycles. The molecule has 0 aliphatic heterocycles. The van der Waals surface area contributed by atoms with Gasteiger partial charge in [0, 0.05) is 13.6 Å². The topological polar surface area (TPSA) is 66.5 Å². The van der Waals surface area contributed by atoms with E-state index >= 15 is 0 Å². The highest BCUT2D eigenvalue weighted by atomic mass is 16.6. The zero-order valence-electron chi connectivity index (χ0n) is 16.1. The summed E-state index contributed by atoms with van der Waals surface area (Å²) >= 11 is 0. The molecule has 0 aromatic rings. The van der Waals surface area contributed by atoms with Crippen LogP contribution in [0, 0.1) is 0 Å². The van der Waals surface area contributed by atoms with Crippen molar-refractivity contribution in [2.45, 2.75) is 46.3 Å². The van der Waals surface area contributed by atoms with Gasteiger partial charge in [0.1, 0.15) is 5.60 Å². The predicted molar refractivity (Wildman–Crippen MR) is 92.4 cm³/mol. The molecule has 0 aromatic heterocycles. The van der Waals surface area contributed by atoms with Gasteiger partial charge >= 0.3 is 6.09 Å². The fraction of sp³-hybridized carbons (Fsp3) is 0.941. The molecule has 0 heterocycles. The predicted octanol–water partition coefficient (Wildman–Crippen LogP) is 2.33. The van der Waals surface area contributed by atoms with Crippen molar-refractivity contribution in [1.82, 2.24) is 4.90 Å². The second-order valence-corrected chi connectivity index (χ2v) is 6.66. The van der Waals surface area contributed by atoms with Crippen LogP contribution in [0.25, 0.3) is 0 Å². The Morgan fingerprint density at radius 3 is 1.79 bits per heavy atom. The highest BCUT2D eigenvalue weighted by Crippen LogP contribution is 2.08. The molecule has 24 heavy (non-hydrogen) atoms. The molecule has 0 atom stereocenters. The van der Waals surface area contributed by atoms with Gasteiger partial charge in [0.25, 0.3) is 0 Å². The molecule has 0 aliphatic carbocycles. The van der Waals surface area contributed by atoms with Gasteiger partial charge in [0.15, 0.2) is 0 Å². The lowest BCUT2D eigenvalue weighted by Crippen LogP contribution is -2.36. The minimum absolute atomic E-state index is 0.233. The number of amides is 1. The summed E-state index contributed by atoms with van der Waals surface area (Å²) in [5.74, 6) is 0. The van der Waals surface area contributed by atoms with Gasteiger partial charge in [-0.25, -0.2) is 4.79 Å². The molecule has 7 nitrogen and oxygen atoms in total. The lowest BCUT2D eigenvalue weighted by Gasteiger charge is -2.24. The monoisotopic (exact) mass is 349 g/mol. The van der Waals surface area contributed by atoms with Gasteiger partial charge in [-0.2, -0.15) is 0 Å². The number of nitrogens with zero attached hydrogens (tertiary/aromatic N) is 1. The number of likely N-dealkylation sites (N-methyl/N-ethyl adjacent to an activating group) is 1. The number of hydrogen-bond donors (Lipinski definition) is 0. The van der Waals surface area contributed by atoms with E-state index in [0.717, 1.165) is 0 Å². The molecule has 0 N–H and O–H groups in total. The maximum atomic E-state index is 11.7. The summed E-state index contributed by atoms with van der Waals surface area (Å²) < 4.78 is 26.8. The third-order valence-corrected chi connectivity index (χ3v) is 2.70. The van der Waals surface area contributed by atoms with E-state index in [1.54, 1.807) is 7.05 Å². The maximum Gasteiger partial charge on any atom is 0.410 e. The third-order valence-electron chi connectivity index (χ3n) is 2.70. The molecule has 0 fully saturated rings. The van der Waals surface area contributed by atoms with Crippen LogP contribution in [0.3, 0.4) is 0 Å². The van der Waals surface area contributed by atoms with Crippen molar-refractivity contribution in [3.63, 3.8) is 0 Å². The average molecular weight is 349 g/mol. The van der Waals surface area contributed by atoms with Gasteiger partial charge in [-0.3, -0.25) is 0 Å². The summed E-state index contributed by atoms with van der Waals surface area (Å²) in [6.45, 7) is 13.7. The molecule has 0 saturated carbocycles. The van der Waals surface area contributed by atoms with E-state index in [-0.39, 0.29) is 12.2 Å². The normalized spacial score (nSPS) is 11.8. The van der Waals surface area contributed by atoms with Crippen LogP contribution in [0.2, 0.25) is 0 Å². The molecule has 0 aliphatic rings. The Labute approximate surface area is 146 Å². The molecule has 0 rings (SSSR count). The zero-order chi connectivity index (χ0) is 18.4. The fourth-order valence-electron chi connectivity index (χ4n) is 1.52. The smallest absolute Gasteiger partial charge is 0.410 e. The summed E-state index contributed by atoms with van der Waals surface area (Å²) in [6.07, 6.45) is -0.114. The summed E-state index contributed by atoms with van der Waals surface area (Å²) in [6, 6.07) is 0. The second-order valence-electron chi connectivity index (χ2n) is 6.66. The van der Waals surface area contributed by atoms with Gasteiger partial charge in [-0.15, -0.1) is 0 Å². The number of carbonyl (C=O) groups excluding carboxylic acids is 1. The first-order valence-electron chi connectivity index (χ1n) is 8.51. The van der Waals surface area contributed by atoms with Crippen LogP contribution in [-0.2, 0) is 23.7 Å². The minimum Gasteiger partial charge on any atom is -0.444 e. The number of hydrogen-bond acceptors (Lipinski definition) is 6. The average Bonchev–Trinajstić information content (AvgIpc) is 2.46.